The van der Waals surface area contributed by atoms with E-state index in [1.807, 2.05) is 0 Å². The lowest BCUT2D eigenvalue weighted by atomic mass is 10.00. The minimum Gasteiger partial charge on any atom is -0.380 e. The third kappa shape index (κ3) is 3.31. The molecule has 116 valence electrons. The molecular formula is C15H23BrN4O. The number of piperidine rings is 1. The molecule has 2 atom stereocenters. The molecule has 3 rings (SSSR count). The van der Waals surface area contributed by atoms with Gasteiger partial charge >= 0.3 is 0 Å². The van der Waals surface area contributed by atoms with Crippen molar-refractivity contribution in [1.29, 1.82) is 0 Å². The summed E-state index contributed by atoms with van der Waals surface area (Å²) in [4.78, 5) is 12.3. The Balaban J connectivity index is 1.74. The van der Waals surface area contributed by atoms with Crippen LogP contribution in [0.3, 0.4) is 0 Å². The second kappa shape index (κ2) is 6.08. The van der Waals surface area contributed by atoms with Crippen LogP contribution in [0.15, 0.2) is 15.5 Å². The molecule has 2 N–H and O–H groups in total. The standard InChI is InChI=1S/C15H23BrN4O/c1-9(2)8-20-15(21)14(16)13(7-17-20)19-12-5-10-3-4-11(6-12)18-10/h7,9-12,18-19H,3-6,8H2,1-2H3. The molecule has 21 heavy (non-hydrogen) atoms. The number of fused-ring (bicyclic) bond motifs is 2. The summed E-state index contributed by atoms with van der Waals surface area (Å²) in [7, 11) is 0. The molecule has 0 amide bonds. The SMILES string of the molecule is CC(C)Cn1ncc(NC2CC3CCC(C2)N3)c(Br)c1=O. The molecule has 0 aromatic carbocycles. The van der Waals surface area contributed by atoms with E-state index in [0.717, 1.165) is 18.5 Å². The Hall–Kier alpha value is -0.880. The van der Waals surface area contributed by atoms with Crippen LogP contribution in [-0.4, -0.2) is 27.9 Å². The molecule has 0 radical (unpaired) electrons. The fraction of sp³-hybridized carbons (Fsp3) is 0.733. The second-order valence-corrected chi connectivity index (χ2v) is 7.50. The number of nitrogens with zero attached hydrogens (tertiary/aromatic N) is 2. The van der Waals surface area contributed by atoms with Gasteiger partial charge in [0.25, 0.3) is 5.56 Å². The normalized spacial score (nSPS) is 28.1. The van der Waals surface area contributed by atoms with E-state index in [2.05, 4.69) is 45.5 Å². The Kier molecular flexibility index (Phi) is 4.36. The zero-order valence-corrected chi connectivity index (χ0v) is 14.2. The molecule has 1 aromatic heterocycles. The molecule has 2 unspecified atom stereocenters. The highest BCUT2D eigenvalue weighted by Gasteiger charge is 2.33. The molecule has 2 saturated heterocycles. The molecule has 2 aliphatic rings. The van der Waals surface area contributed by atoms with Crippen molar-refractivity contribution in [3.8, 4) is 0 Å². The van der Waals surface area contributed by atoms with Crippen molar-refractivity contribution in [2.75, 3.05) is 5.32 Å². The third-order valence-electron chi connectivity index (χ3n) is 4.36. The van der Waals surface area contributed by atoms with Crippen LogP contribution >= 0.6 is 15.9 Å². The van der Waals surface area contributed by atoms with Crippen LogP contribution in [0.4, 0.5) is 5.69 Å². The van der Waals surface area contributed by atoms with Gasteiger partial charge in [0, 0.05) is 24.7 Å². The number of nitrogens with one attached hydrogen (secondary N) is 2. The van der Waals surface area contributed by atoms with Crippen LogP contribution in [0.1, 0.15) is 39.5 Å². The smallest absolute Gasteiger partial charge is 0.283 e. The van der Waals surface area contributed by atoms with Crippen molar-refractivity contribution >= 4 is 21.6 Å². The van der Waals surface area contributed by atoms with Gasteiger partial charge in [-0.2, -0.15) is 5.10 Å². The lowest BCUT2D eigenvalue weighted by Crippen LogP contribution is -2.43. The Morgan fingerprint density at radius 2 is 2.10 bits per heavy atom. The first-order valence-electron chi connectivity index (χ1n) is 7.81. The van der Waals surface area contributed by atoms with Crippen LogP contribution < -0.4 is 16.2 Å². The summed E-state index contributed by atoms with van der Waals surface area (Å²) < 4.78 is 2.13. The van der Waals surface area contributed by atoms with Crippen LogP contribution in [0.2, 0.25) is 0 Å². The van der Waals surface area contributed by atoms with Crippen LogP contribution in [-0.2, 0) is 6.54 Å². The largest absolute Gasteiger partial charge is 0.380 e. The summed E-state index contributed by atoms with van der Waals surface area (Å²) in [6.07, 6.45) is 6.57. The molecule has 0 spiro atoms. The minimum absolute atomic E-state index is 0.0504. The first-order chi connectivity index (χ1) is 10.0. The van der Waals surface area contributed by atoms with Gasteiger partial charge in [-0.15, -0.1) is 0 Å². The summed E-state index contributed by atoms with van der Waals surface area (Å²) >= 11 is 3.44. The lowest BCUT2D eigenvalue weighted by molar-refractivity contribution is 0.377. The predicted octanol–water partition coefficient (Wildman–Crippen LogP) is 2.36. The van der Waals surface area contributed by atoms with Crippen LogP contribution in [0.5, 0.6) is 0 Å². The Labute approximate surface area is 133 Å². The van der Waals surface area contributed by atoms with Crippen molar-refractivity contribution in [2.45, 2.75) is 64.2 Å². The van der Waals surface area contributed by atoms with E-state index in [-0.39, 0.29) is 5.56 Å². The van der Waals surface area contributed by atoms with E-state index in [1.165, 1.54) is 17.5 Å². The van der Waals surface area contributed by atoms with Crippen molar-refractivity contribution in [1.82, 2.24) is 15.1 Å². The topological polar surface area (TPSA) is 59.0 Å². The van der Waals surface area contributed by atoms with E-state index >= 15 is 0 Å². The molecule has 0 saturated carbocycles. The van der Waals surface area contributed by atoms with Gasteiger partial charge in [-0.25, -0.2) is 4.68 Å². The molecule has 3 heterocycles. The monoisotopic (exact) mass is 354 g/mol. The maximum absolute atomic E-state index is 12.3. The van der Waals surface area contributed by atoms with E-state index in [1.54, 1.807) is 6.20 Å². The summed E-state index contributed by atoms with van der Waals surface area (Å²) in [6, 6.07) is 1.70. The van der Waals surface area contributed by atoms with Gasteiger partial charge in [0.05, 0.1) is 11.9 Å². The Morgan fingerprint density at radius 3 is 2.71 bits per heavy atom. The molecular weight excluding hydrogens is 332 g/mol. The van der Waals surface area contributed by atoms with Gasteiger partial charge in [-0.05, 0) is 47.5 Å². The summed E-state index contributed by atoms with van der Waals surface area (Å²) in [5.74, 6) is 0.404. The number of halogens is 1. The highest BCUT2D eigenvalue weighted by Crippen LogP contribution is 2.29. The molecule has 2 aliphatic heterocycles. The zero-order chi connectivity index (χ0) is 15.0. The number of hydrogen-bond donors (Lipinski definition) is 2. The molecule has 2 bridgehead atoms. The van der Waals surface area contributed by atoms with Gasteiger partial charge < -0.3 is 10.6 Å². The fourth-order valence-electron chi connectivity index (χ4n) is 3.44. The molecule has 5 nitrogen and oxygen atoms in total. The first kappa shape index (κ1) is 15.0. The average Bonchev–Trinajstić information content (AvgIpc) is 2.77. The average molecular weight is 355 g/mol. The maximum Gasteiger partial charge on any atom is 0.283 e. The number of rotatable bonds is 4. The molecule has 6 heteroatoms. The molecule has 0 aliphatic carbocycles. The highest BCUT2D eigenvalue weighted by atomic mass is 79.9. The first-order valence-corrected chi connectivity index (χ1v) is 8.60. The van der Waals surface area contributed by atoms with Gasteiger partial charge in [0.1, 0.15) is 4.47 Å². The van der Waals surface area contributed by atoms with E-state index in [4.69, 9.17) is 0 Å². The van der Waals surface area contributed by atoms with Gasteiger partial charge in [-0.3, -0.25) is 4.79 Å². The highest BCUT2D eigenvalue weighted by molar-refractivity contribution is 9.10. The third-order valence-corrected chi connectivity index (χ3v) is 5.12. The second-order valence-electron chi connectivity index (χ2n) is 6.70. The van der Waals surface area contributed by atoms with Crippen molar-refractivity contribution in [3.63, 3.8) is 0 Å². The predicted molar refractivity (Wildman–Crippen MR) is 87.6 cm³/mol. The maximum atomic E-state index is 12.3. The van der Waals surface area contributed by atoms with Crippen molar-refractivity contribution < 1.29 is 0 Å². The van der Waals surface area contributed by atoms with Crippen LogP contribution in [0, 0.1) is 5.92 Å². The van der Waals surface area contributed by atoms with E-state index in [0.29, 0.717) is 35.1 Å². The minimum atomic E-state index is -0.0504. The van der Waals surface area contributed by atoms with Gasteiger partial charge in [0.15, 0.2) is 0 Å². The molecule has 2 fully saturated rings. The zero-order valence-electron chi connectivity index (χ0n) is 12.6. The summed E-state index contributed by atoms with van der Waals surface area (Å²) in [5.41, 5.74) is 0.775. The Morgan fingerprint density at radius 1 is 1.43 bits per heavy atom. The lowest BCUT2D eigenvalue weighted by Gasteiger charge is -2.30. The fourth-order valence-corrected chi connectivity index (χ4v) is 3.86. The van der Waals surface area contributed by atoms with E-state index in [9.17, 15) is 4.79 Å². The summed E-state index contributed by atoms with van der Waals surface area (Å²) in [5, 5.41) is 11.4. The number of hydrogen-bond acceptors (Lipinski definition) is 4. The van der Waals surface area contributed by atoms with Gasteiger partial charge in [-0.1, -0.05) is 13.8 Å². The van der Waals surface area contributed by atoms with Crippen molar-refractivity contribution in [2.24, 2.45) is 5.92 Å². The Bertz CT molecular complexity index is 559. The number of anilines is 1. The van der Waals surface area contributed by atoms with Gasteiger partial charge in [0.2, 0.25) is 0 Å². The number of aromatic nitrogens is 2. The summed E-state index contributed by atoms with van der Waals surface area (Å²) in [6.45, 7) is 4.81. The van der Waals surface area contributed by atoms with E-state index < -0.39 is 0 Å². The quantitative estimate of drug-likeness (QED) is 0.871. The van der Waals surface area contributed by atoms with Crippen molar-refractivity contribution in [3.05, 3.63) is 21.0 Å². The molecule has 1 aromatic rings. The van der Waals surface area contributed by atoms with Crippen LogP contribution in [0.25, 0.3) is 0 Å².